The Morgan fingerprint density at radius 3 is 1.15 bits per heavy atom. The summed E-state index contributed by atoms with van der Waals surface area (Å²) < 4.78 is 0. The Morgan fingerprint density at radius 2 is 0.852 bits per heavy atom. The van der Waals surface area contributed by atoms with Crippen LogP contribution in [0.5, 0.6) is 0 Å². The van der Waals surface area contributed by atoms with Gasteiger partial charge >= 0.3 is 20.4 Å². The maximum absolute atomic E-state index is 4.82. The van der Waals surface area contributed by atoms with Crippen molar-refractivity contribution in [2.24, 2.45) is 0 Å². The van der Waals surface area contributed by atoms with Gasteiger partial charge in [0.25, 0.3) is 0 Å². The molecule has 0 radical (unpaired) electrons. The SMILES string of the molecule is C1=CN2[CH-]N1Cc1cccc(n1)CN1C=CN([CH-]1)Cc1cccc(n1)C2.[Pd+2]. The predicted molar refractivity (Wildman–Crippen MR) is 97.5 cm³/mol. The summed E-state index contributed by atoms with van der Waals surface area (Å²) in [5, 5.41) is 0. The monoisotopic (exact) mass is 450 g/mol. The van der Waals surface area contributed by atoms with Gasteiger partial charge < -0.3 is 19.6 Å². The molecule has 5 rings (SSSR count). The zero-order chi connectivity index (χ0) is 17.3. The standard InChI is InChI=1S/C20H20N6.Pd/c1-3-17-11-23-7-9-25(15-23)13-19-5-2-6-20(22-19)14-26-10-8-24(16-26)12-18(4-1)21-17;/h1-10,15-16H,11-14H2;/q-2;+2. The van der Waals surface area contributed by atoms with E-state index in [4.69, 9.17) is 9.97 Å². The van der Waals surface area contributed by atoms with Crippen LogP contribution in [0, 0.1) is 13.3 Å². The average Bonchev–Trinajstić information content (AvgIpc) is 3.24. The number of rotatable bonds is 0. The normalized spacial score (nSPS) is 18.1. The molecule has 0 unspecified atom stereocenters. The molecule has 2 aromatic rings. The third kappa shape index (κ3) is 4.15. The smallest absolute Gasteiger partial charge is 0.503 e. The van der Waals surface area contributed by atoms with Crippen molar-refractivity contribution < 1.29 is 20.4 Å². The maximum Gasteiger partial charge on any atom is 2.00 e. The van der Waals surface area contributed by atoms with Gasteiger partial charge in [-0.15, -0.1) is 0 Å². The summed E-state index contributed by atoms with van der Waals surface area (Å²) in [6.45, 7) is 7.28. The number of nitrogens with zero attached hydrogens (tertiary/aromatic N) is 6. The van der Waals surface area contributed by atoms with E-state index in [1.165, 1.54) is 0 Å². The summed E-state index contributed by atoms with van der Waals surface area (Å²) in [7, 11) is 0. The van der Waals surface area contributed by atoms with Crippen molar-refractivity contribution in [2.45, 2.75) is 26.2 Å². The van der Waals surface area contributed by atoms with E-state index >= 15 is 0 Å². The van der Waals surface area contributed by atoms with Crippen LogP contribution in [0.1, 0.15) is 22.8 Å². The molecule has 7 heteroatoms. The molecule has 2 aromatic heterocycles. The van der Waals surface area contributed by atoms with Gasteiger partial charge in [-0.25, -0.2) is 0 Å². The minimum Gasteiger partial charge on any atom is -0.503 e. The Balaban J connectivity index is 0.00000180. The van der Waals surface area contributed by atoms with E-state index in [1.807, 2.05) is 0 Å². The first-order valence-electron chi connectivity index (χ1n) is 8.79. The molecule has 0 fully saturated rings. The van der Waals surface area contributed by atoms with Crippen molar-refractivity contribution in [2.75, 3.05) is 0 Å². The molecule has 8 bridgehead atoms. The first-order chi connectivity index (χ1) is 12.8. The predicted octanol–water partition coefficient (Wildman–Crippen LogP) is 2.60. The van der Waals surface area contributed by atoms with Crippen LogP contribution in [0.3, 0.4) is 0 Å². The van der Waals surface area contributed by atoms with Gasteiger partial charge in [-0.1, -0.05) is 12.1 Å². The van der Waals surface area contributed by atoms with E-state index in [0.717, 1.165) is 49.0 Å². The minimum atomic E-state index is 0. The summed E-state index contributed by atoms with van der Waals surface area (Å²) in [4.78, 5) is 18.3. The van der Waals surface area contributed by atoms with Crippen molar-refractivity contribution in [1.29, 1.82) is 0 Å². The van der Waals surface area contributed by atoms with Gasteiger partial charge in [-0.05, 0) is 49.1 Å². The molecule has 0 saturated carbocycles. The molecule has 140 valence electrons. The molecule has 0 aromatic carbocycles. The molecule has 0 aliphatic carbocycles. The van der Waals surface area contributed by atoms with Gasteiger partial charge in [0, 0.05) is 26.2 Å². The van der Waals surface area contributed by atoms with E-state index in [0.29, 0.717) is 0 Å². The first-order valence-corrected chi connectivity index (χ1v) is 8.79. The van der Waals surface area contributed by atoms with E-state index in [-0.39, 0.29) is 20.4 Å². The summed E-state index contributed by atoms with van der Waals surface area (Å²) >= 11 is 0. The summed E-state index contributed by atoms with van der Waals surface area (Å²) in [6.07, 6.45) is 8.35. The molecule has 0 spiro atoms. The summed E-state index contributed by atoms with van der Waals surface area (Å²) in [5.74, 6) is 0. The van der Waals surface area contributed by atoms with E-state index < -0.39 is 0 Å². The third-order valence-electron chi connectivity index (χ3n) is 4.60. The van der Waals surface area contributed by atoms with Gasteiger partial charge in [0.1, 0.15) is 0 Å². The molecular weight excluding hydrogens is 431 g/mol. The maximum atomic E-state index is 4.82. The average molecular weight is 451 g/mol. The molecule has 3 aliphatic heterocycles. The first kappa shape index (κ1) is 18.0. The van der Waals surface area contributed by atoms with Crippen molar-refractivity contribution >= 4 is 0 Å². The second-order valence-electron chi connectivity index (χ2n) is 6.76. The van der Waals surface area contributed by atoms with Crippen molar-refractivity contribution in [1.82, 2.24) is 29.6 Å². The molecule has 0 N–H and O–H groups in total. The third-order valence-corrected chi connectivity index (χ3v) is 4.60. The number of fused-ring (bicyclic) bond motifs is 8. The Bertz CT molecular complexity index is 737. The zero-order valence-electron chi connectivity index (χ0n) is 14.8. The molecule has 0 atom stereocenters. The Labute approximate surface area is 173 Å². The summed E-state index contributed by atoms with van der Waals surface area (Å²) in [6, 6.07) is 12.5. The second-order valence-corrected chi connectivity index (χ2v) is 6.76. The fraction of sp³-hybridized carbons (Fsp3) is 0.200. The molecule has 0 amide bonds. The van der Waals surface area contributed by atoms with Crippen LogP contribution in [-0.4, -0.2) is 29.6 Å². The topological polar surface area (TPSA) is 38.7 Å². The van der Waals surface area contributed by atoms with Crippen molar-refractivity contribution in [3.05, 3.63) is 97.3 Å². The fourth-order valence-electron chi connectivity index (χ4n) is 3.41. The minimum absolute atomic E-state index is 0. The van der Waals surface area contributed by atoms with E-state index in [1.54, 1.807) is 0 Å². The molecule has 27 heavy (non-hydrogen) atoms. The summed E-state index contributed by atoms with van der Waals surface area (Å²) in [5.41, 5.74) is 4.27. The Morgan fingerprint density at radius 1 is 0.556 bits per heavy atom. The van der Waals surface area contributed by atoms with Crippen LogP contribution < -0.4 is 0 Å². The molecule has 5 heterocycles. The quantitative estimate of drug-likeness (QED) is 0.454. The van der Waals surface area contributed by atoms with Gasteiger partial charge in [-0.2, -0.15) is 13.3 Å². The van der Waals surface area contributed by atoms with Crippen LogP contribution in [0.15, 0.2) is 61.2 Å². The Kier molecular flexibility index (Phi) is 5.15. The van der Waals surface area contributed by atoms with Crippen molar-refractivity contribution in [3.63, 3.8) is 0 Å². The zero-order valence-corrected chi connectivity index (χ0v) is 16.3. The van der Waals surface area contributed by atoms with E-state index in [9.17, 15) is 0 Å². The number of hydrogen-bond donors (Lipinski definition) is 0. The van der Waals surface area contributed by atoms with Crippen LogP contribution in [0.25, 0.3) is 0 Å². The number of aromatic nitrogens is 2. The fourth-order valence-corrected chi connectivity index (χ4v) is 3.41. The van der Waals surface area contributed by atoms with Gasteiger partial charge in [0.15, 0.2) is 0 Å². The van der Waals surface area contributed by atoms with E-state index in [2.05, 4.69) is 94.1 Å². The molecule has 3 aliphatic rings. The number of pyridine rings is 2. The van der Waals surface area contributed by atoms with Crippen LogP contribution in [0.2, 0.25) is 0 Å². The molecular formula is C20H20N6Pd. The van der Waals surface area contributed by atoms with Gasteiger partial charge in [0.2, 0.25) is 0 Å². The van der Waals surface area contributed by atoms with Crippen LogP contribution in [0.4, 0.5) is 0 Å². The second kappa shape index (κ2) is 7.71. The van der Waals surface area contributed by atoms with Gasteiger partial charge in [0.05, 0.1) is 22.8 Å². The molecule has 6 nitrogen and oxygen atoms in total. The van der Waals surface area contributed by atoms with Gasteiger partial charge in [-0.3, -0.25) is 9.97 Å². The van der Waals surface area contributed by atoms with Crippen molar-refractivity contribution in [3.8, 4) is 0 Å². The number of hydrogen-bond acceptors (Lipinski definition) is 6. The van der Waals surface area contributed by atoms with Crippen LogP contribution in [-0.2, 0) is 46.6 Å². The largest absolute Gasteiger partial charge is 2.00 e. The Hall–Kier alpha value is -2.36. The molecule has 0 saturated heterocycles. The van der Waals surface area contributed by atoms with Crippen LogP contribution >= 0.6 is 0 Å².